The van der Waals surface area contributed by atoms with Gasteiger partial charge in [0.2, 0.25) is 0 Å². The molecule has 70 valence electrons. The summed E-state index contributed by atoms with van der Waals surface area (Å²) in [5.41, 5.74) is 4.57. The minimum atomic E-state index is -2.75. The maximum Gasteiger partial charge on any atom is 0.265 e. The minimum Gasteiger partial charge on any atom is -0.383 e. The van der Waals surface area contributed by atoms with Gasteiger partial charge in [-0.2, -0.15) is 0 Å². The molecule has 6 heteroatoms. The molecule has 0 bridgehead atoms. The molecule has 0 fully saturated rings. The van der Waals surface area contributed by atoms with Gasteiger partial charge >= 0.3 is 0 Å². The molecular weight excluding hydrogens is 246 g/mol. The second-order valence-electron chi connectivity index (χ2n) is 2.24. The van der Waals surface area contributed by atoms with Gasteiger partial charge in [-0.25, -0.2) is 13.8 Å². The van der Waals surface area contributed by atoms with Crippen molar-refractivity contribution in [2.75, 3.05) is 5.73 Å². The molecule has 0 aliphatic carbocycles. The molecule has 3 nitrogen and oxygen atoms in total. The number of rotatable bonds is 2. The van der Waals surface area contributed by atoms with Gasteiger partial charge < -0.3 is 5.73 Å². The number of carbonyl (C=O) groups is 1. The molecule has 2 N–H and O–H groups in total. The zero-order valence-electron chi connectivity index (χ0n) is 6.30. The summed E-state index contributed by atoms with van der Waals surface area (Å²) in [7, 11) is 0. The molecule has 0 spiro atoms. The Balaban J connectivity index is 3.43. The van der Waals surface area contributed by atoms with E-state index < -0.39 is 12.0 Å². The van der Waals surface area contributed by atoms with E-state index in [1.807, 2.05) is 0 Å². The van der Waals surface area contributed by atoms with Crippen LogP contribution in [0.15, 0.2) is 10.7 Å². The summed E-state index contributed by atoms with van der Waals surface area (Å²) in [6.45, 7) is 0. The Morgan fingerprint density at radius 3 is 2.62 bits per heavy atom. The summed E-state index contributed by atoms with van der Waals surface area (Å²) in [6, 6.07) is 0. The van der Waals surface area contributed by atoms with E-state index in [4.69, 9.17) is 5.73 Å². The number of halogens is 3. The maximum absolute atomic E-state index is 12.4. The molecule has 0 aromatic carbocycles. The van der Waals surface area contributed by atoms with Gasteiger partial charge in [0.15, 0.2) is 6.29 Å². The molecule has 0 aliphatic rings. The Kier molecular flexibility index (Phi) is 2.92. The lowest BCUT2D eigenvalue weighted by Crippen LogP contribution is -2.03. The molecule has 0 radical (unpaired) electrons. The third-order valence-electron chi connectivity index (χ3n) is 1.48. The molecule has 1 aromatic rings. The van der Waals surface area contributed by atoms with Crippen LogP contribution >= 0.6 is 15.9 Å². The Labute approximate surface area is 81.1 Å². The van der Waals surface area contributed by atoms with Crippen molar-refractivity contribution in [3.05, 3.63) is 21.8 Å². The van der Waals surface area contributed by atoms with Crippen molar-refractivity contribution in [1.29, 1.82) is 0 Å². The Morgan fingerprint density at radius 1 is 1.62 bits per heavy atom. The second-order valence-corrected chi connectivity index (χ2v) is 3.09. The van der Waals surface area contributed by atoms with Crippen molar-refractivity contribution in [2.45, 2.75) is 6.43 Å². The lowest BCUT2D eigenvalue weighted by Gasteiger charge is -2.07. The highest BCUT2D eigenvalue weighted by atomic mass is 79.9. The fourth-order valence-corrected chi connectivity index (χ4v) is 1.37. The molecule has 0 saturated heterocycles. The summed E-state index contributed by atoms with van der Waals surface area (Å²) in [5.74, 6) is -0.187. The summed E-state index contributed by atoms with van der Waals surface area (Å²) in [6.07, 6.45) is -1.34. The quantitative estimate of drug-likeness (QED) is 0.819. The Hall–Kier alpha value is -1.04. The van der Waals surface area contributed by atoms with Crippen LogP contribution in [0.5, 0.6) is 0 Å². The number of carbonyl (C=O) groups excluding carboxylic acids is 1. The second kappa shape index (κ2) is 3.78. The molecule has 0 atom stereocenters. The van der Waals surface area contributed by atoms with Crippen molar-refractivity contribution >= 4 is 28.0 Å². The van der Waals surface area contributed by atoms with Crippen LogP contribution in [0.4, 0.5) is 14.6 Å². The highest BCUT2D eigenvalue weighted by Gasteiger charge is 2.19. The first-order valence-electron chi connectivity index (χ1n) is 3.25. The van der Waals surface area contributed by atoms with Crippen molar-refractivity contribution in [2.24, 2.45) is 0 Å². The lowest BCUT2D eigenvalue weighted by molar-refractivity contribution is 0.110. The zero-order valence-corrected chi connectivity index (χ0v) is 7.88. The van der Waals surface area contributed by atoms with Crippen molar-refractivity contribution in [3.8, 4) is 0 Å². The van der Waals surface area contributed by atoms with Crippen LogP contribution < -0.4 is 5.73 Å². The molecular formula is C7H5BrF2N2O. The number of nitrogen functional groups attached to an aromatic ring is 1. The van der Waals surface area contributed by atoms with Crippen LogP contribution in [0.25, 0.3) is 0 Å². The van der Waals surface area contributed by atoms with Crippen molar-refractivity contribution in [3.63, 3.8) is 0 Å². The highest BCUT2D eigenvalue weighted by Crippen LogP contribution is 2.31. The maximum atomic E-state index is 12.4. The molecule has 1 heterocycles. The number of nitrogens with zero attached hydrogens (tertiary/aromatic N) is 1. The van der Waals surface area contributed by atoms with Gasteiger partial charge in [-0.3, -0.25) is 4.79 Å². The molecule has 0 saturated carbocycles. The van der Waals surface area contributed by atoms with Gasteiger partial charge in [-0.05, 0) is 15.9 Å². The first-order valence-corrected chi connectivity index (χ1v) is 4.04. The third kappa shape index (κ3) is 1.82. The monoisotopic (exact) mass is 250 g/mol. The highest BCUT2D eigenvalue weighted by molar-refractivity contribution is 9.10. The number of pyridine rings is 1. The van der Waals surface area contributed by atoms with E-state index in [1.54, 1.807) is 0 Å². The molecule has 13 heavy (non-hydrogen) atoms. The van der Waals surface area contributed by atoms with Crippen LogP contribution in [0, 0.1) is 0 Å². The predicted molar refractivity (Wildman–Crippen MR) is 46.7 cm³/mol. The summed E-state index contributed by atoms with van der Waals surface area (Å²) in [5, 5.41) is 0. The Morgan fingerprint density at radius 2 is 2.23 bits per heavy atom. The molecule has 1 rings (SSSR count). The third-order valence-corrected chi connectivity index (χ3v) is 2.11. The molecule has 0 aliphatic heterocycles. The summed E-state index contributed by atoms with van der Waals surface area (Å²) >= 11 is 2.87. The van der Waals surface area contributed by atoms with E-state index in [0.29, 0.717) is 0 Å². The van der Waals surface area contributed by atoms with Crippen LogP contribution in [-0.4, -0.2) is 11.3 Å². The zero-order chi connectivity index (χ0) is 10.0. The fraction of sp³-hybridized carbons (Fsp3) is 0.143. The van der Waals surface area contributed by atoms with Crippen molar-refractivity contribution < 1.29 is 13.6 Å². The van der Waals surface area contributed by atoms with E-state index in [9.17, 15) is 13.6 Å². The minimum absolute atomic E-state index is 0.0822. The van der Waals surface area contributed by atoms with Gasteiger partial charge in [0.25, 0.3) is 6.43 Å². The largest absolute Gasteiger partial charge is 0.383 e. The lowest BCUT2D eigenvalue weighted by atomic mass is 10.1. The number of hydrogen-bond donors (Lipinski definition) is 1. The van der Waals surface area contributed by atoms with Crippen LogP contribution in [-0.2, 0) is 0 Å². The fourth-order valence-electron chi connectivity index (χ4n) is 0.878. The average Bonchev–Trinajstić information content (AvgIpc) is 2.07. The van der Waals surface area contributed by atoms with Gasteiger partial charge in [-0.1, -0.05) is 0 Å². The number of anilines is 1. The first-order chi connectivity index (χ1) is 6.07. The SMILES string of the molecule is Nc1ncc(Br)c(C(F)F)c1C=O. The van der Waals surface area contributed by atoms with Gasteiger partial charge in [0.05, 0.1) is 5.56 Å². The van der Waals surface area contributed by atoms with Gasteiger partial charge in [0.1, 0.15) is 5.82 Å². The first kappa shape index (κ1) is 10.0. The number of aldehydes is 1. The number of nitrogens with two attached hydrogens (primary N) is 1. The van der Waals surface area contributed by atoms with Gasteiger partial charge in [-0.15, -0.1) is 0 Å². The average molecular weight is 251 g/mol. The van der Waals surface area contributed by atoms with Crippen LogP contribution in [0.1, 0.15) is 22.3 Å². The molecule has 1 aromatic heterocycles. The van der Waals surface area contributed by atoms with E-state index in [1.165, 1.54) is 0 Å². The van der Waals surface area contributed by atoms with E-state index in [-0.39, 0.29) is 22.1 Å². The van der Waals surface area contributed by atoms with Gasteiger partial charge in [0, 0.05) is 16.2 Å². The normalized spacial score (nSPS) is 10.5. The van der Waals surface area contributed by atoms with Crippen LogP contribution in [0.2, 0.25) is 0 Å². The van der Waals surface area contributed by atoms with E-state index in [2.05, 4.69) is 20.9 Å². The van der Waals surface area contributed by atoms with Crippen LogP contribution in [0.3, 0.4) is 0 Å². The molecule has 0 unspecified atom stereocenters. The van der Waals surface area contributed by atoms with E-state index in [0.717, 1.165) is 6.20 Å². The summed E-state index contributed by atoms with van der Waals surface area (Å²) in [4.78, 5) is 14.0. The predicted octanol–water partition coefficient (Wildman–Crippen LogP) is 2.18. The Bertz CT molecular complexity index is 344. The number of hydrogen-bond acceptors (Lipinski definition) is 3. The smallest absolute Gasteiger partial charge is 0.265 e. The van der Waals surface area contributed by atoms with E-state index >= 15 is 0 Å². The topological polar surface area (TPSA) is 56.0 Å². The number of alkyl halides is 2. The standard InChI is InChI=1S/C7H5BrF2N2O/c8-4-1-12-7(11)3(2-13)5(4)6(9)10/h1-2,6H,(H2,11,12). The number of aromatic nitrogens is 1. The van der Waals surface area contributed by atoms with Crippen molar-refractivity contribution in [1.82, 2.24) is 4.98 Å². The molecule has 0 amide bonds. The summed E-state index contributed by atoms with van der Waals surface area (Å²) < 4.78 is 24.8.